The molecule has 0 radical (unpaired) electrons. The van der Waals surface area contributed by atoms with Crippen LogP contribution in [0.25, 0.3) is 0 Å². The van der Waals surface area contributed by atoms with E-state index in [4.69, 9.17) is 4.74 Å². The monoisotopic (exact) mass is 246 g/mol. The van der Waals surface area contributed by atoms with E-state index in [1.807, 2.05) is 14.0 Å². The van der Waals surface area contributed by atoms with Gasteiger partial charge in [-0.3, -0.25) is 9.69 Å². The van der Waals surface area contributed by atoms with Crippen molar-refractivity contribution < 1.29 is 13.9 Å². The number of carbonyl (C=O) groups excluding carboxylic acids is 1. The van der Waals surface area contributed by atoms with Crippen molar-refractivity contribution in [3.05, 3.63) is 0 Å². The zero-order valence-electron chi connectivity index (χ0n) is 10.7. The van der Waals surface area contributed by atoms with E-state index in [9.17, 15) is 9.18 Å². The van der Waals surface area contributed by atoms with Gasteiger partial charge in [-0.25, -0.2) is 4.39 Å². The molecule has 0 saturated carbocycles. The predicted octanol–water partition coefficient (Wildman–Crippen LogP) is 0.962. The van der Waals surface area contributed by atoms with Crippen LogP contribution in [0.15, 0.2) is 0 Å². The molecule has 100 valence electrons. The Balaban J connectivity index is 2.29. The number of likely N-dealkylation sites (N-methyl/N-ethyl adjacent to an activating group) is 1. The number of carbonyl (C=O) groups is 1. The molecule has 1 aliphatic rings. The highest BCUT2D eigenvalue weighted by Crippen LogP contribution is 2.17. The Labute approximate surface area is 102 Å². The number of halogens is 1. The zero-order chi connectivity index (χ0) is 12.7. The van der Waals surface area contributed by atoms with Gasteiger partial charge in [-0.1, -0.05) is 6.92 Å². The minimum absolute atomic E-state index is 0.274. The summed E-state index contributed by atoms with van der Waals surface area (Å²) >= 11 is 0. The van der Waals surface area contributed by atoms with E-state index in [1.54, 1.807) is 0 Å². The number of esters is 1. The summed E-state index contributed by atoms with van der Waals surface area (Å²) in [6.45, 7) is 4.77. The molecule has 5 heteroatoms. The highest BCUT2D eigenvalue weighted by atomic mass is 19.1. The highest BCUT2D eigenvalue weighted by Gasteiger charge is 2.31. The number of nitrogens with one attached hydrogen (secondary N) is 1. The summed E-state index contributed by atoms with van der Waals surface area (Å²) in [7, 11) is 1.88. The third kappa shape index (κ3) is 5.00. The molecule has 0 amide bonds. The van der Waals surface area contributed by atoms with Crippen LogP contribution in [0.5, 0.6) is 0 Å². The summed E-state index contributed by atoms with van der Waals surface area (Å²) in [5.74, 6) is -0.274. The maximum Gasteiger partial charge on any atom is 0.306 e. The van der Waals surface area contributed by atoms with Crippen molar-refractivity contribution in [2.45, 2.75) is 38.5 Å². The van der Waals surface area contributed by atoms with Crippen LogP contribution in [-0.2, 0) is 9.53 Å². The number of piperidine rings is 1. The fourth-order valence-electron chi connectivity index (χ4n) is 1.98. The molecule has 17 heavy (non-hydrogen) atoms. The predicted molar refractivity (Wildman–Crippen MR) is 64.7 cm³/mol. The lowest BCUT2D eigenvalue weighted by molar-refractivity contribution is -0.155. The molecule has 0 aliphatic carbocycles. The molecule has 0 aromatic heterocycles. The number of ether oxygens (including phenoxy) is 1. The van der Waals surface area contributed by atoms with E-state index in [0.717, 1.165) is 26.1 Å². The van der Waals surface area contributed by atoms with E-state index in [-0.39, 0.29) is 5.97 Å². The number of nitrogens with zero attached hydrogens (tertiary/aromatic N) is 1. The van der Waals surface area contributed by atoms with E-state index in [0.29, 0.717) is 19.4 Å². The average Bonchev–Trinajstić information content (AvgIpc) is 2.30. The second kappa shape index (κ2) is 7.61. The van der Waals surface area contributed by atoms with Crippen LogP contribution in [0.3, 0.4) is 0 Å². The number of rotatable bonds is 6. The van der Waals surface area contributed by atoms with Gasteiger partial charge in [-0.2, -0.15) is 0 Å². The molecule has 1 saturated heterocycles. The first-order chi connectivity index (χ1) is 8.17. The molecule has 1 fully saturated rings. The number of alkyl halides is 1. The Bertz CT molecular complexity index is 239. The van der Waals surface area contributed by atoms with Gasteiger partial charge in [0.25, 0.3) is 0 Å². The van der Waals surface area contributed by atoms with Gasteiger partial charge in [0, 0.05) is 39.0 Å². The van der Waals surface area contributed by atoms with Gasteiger partial charge in [0.05, 0.1) is 0 Å². The first kappa shape index (κ1) is 14.4. The van der Waals surface area contributed by atoms with Crippen LogP contribution >= 0.6 is 0 Å². The number of likely N-dealkylation sites (tertiary alicyclic amines) is 1. The second-order valence-electron chi connectivity index (χ2n) is 4.49. The van der Waals surface area contributed by atoms with Gasteiger partial charge in [0.15, 0.2) is 0 Å². The summed E-state index contributed by atoms with van der Waals surface area (Å²) in [6.07, 6.45) is 0.130. The first-order valence-electron chi connectivity index (χ1n) is 6.37. The largest absolute Gasteiger partial charge is 0.459 e. The Morgan fingerprint density at radius 2 is 2.35 bits per heavy atom. The fraction of sp³-hybridized carbons (Fsp3) is 0.917. The van der Waals surface area contributed by atoms with Crippen molar-refractivity contribution in [3.63, 3.8) is 0 Å². The lowest BCUT2D eigenvalue weighted by atomic mass is 10.1. The summed E-state index contributed by atoms with van der Waals surface area (Å²) in [5, 5.41) is 3.04. The Morgan fingerprint density at radius 3 is 2.94 bits per heavy atom. The molecule has 2 unspecified atom stereocenters. The third-order valence-corrected chi connectivity index (χ3v) is 2.98. The number of hydrogen-bond acceptors (Lipinski definition) is 4. The summed E-state index contributed by atoms with van der Waals surface area (Å²) in [6, 6.07) is 0. The summed E-state index contributed by atoms with van der Waals surface area (Å²) < 4.78 is 18.9. The standard InChI is InChI=1S/C12H23FN2O2/c1-3-4-12(16)17-11-5-7-15(8-6-14-2)9-10(11)13/h10-11,14H,3-9H2,1-2H3. The van der Waals surface area contributed by atoms with Gasteiger partial charge < -0.3 is 10.1 Å². The van der Waals surface area contributed by atoms with Crippen LogP contribution in [0.1, 0.15) is 26.2 Å². The SMILES string of the molecule is CCCC(=O)OC1CCN(CCNC)CC1F. The van der Waals surface area contributed by atoms with Crippen molar-refractivity contribution >= 4 is 5.97 Å². The molecule has 1 rings (SSSR count). The van der Waals surface area contributed by atoms with E-state index >= 15 is 0 Å². The summed E-state index contributed by atoms with van der Waals surface area (Å²) in [4.78, 5) is 13.4. The van der Waals surface area contributed by atoms with Crippen LogP contribution in [0, 0.1) is 0 Å². The van der Waals surface area contributed by atoms with Crippen molar-refractivity contribution in [2.24, 2.45) is 0 Å². The van der Waals surface area contributed by atoms with Crippen molar-refractivity contribution in [2.75, 3.05) is 33.2 Å². The molecule has 0 bridgehead atoms. The minimum atomic E-state index is -1.05. The molecular formula is C12H23FN2O2. The maximum atomic E-state index is 13.8. The molecule has 0 aromatic rings. The van der Waals surface area contributed by atoms with Crippen LogP contribution in [-0.4, -0.2) is 56.4 Å². The van der Waals surface area contributed by atoms with E-state index in [2.05, 4.69) is 10.2 Å². The first-order valence-corrected chi connectivity index (χ1v) is 6.37. The van der Waals surface area contributed by atoms with Crippen molar-refractivity contribution in [3.8, 4) is 0 Å². The van der Waals surface area contributed by atoms with Crippen LogP contribution in [0.2, 0.25) is 0 Å². The molecule has 1 aliphatic heterocycles. The van der Waals surface area contributed by atoms with Crippen molar-refractivity contribution in [1.29, 1.82) is 0 Å². The molecule has 0 spiro atoms. The van der Waals surface area contributed by atoms with Crippen LogP contribution < -0.4 is 5.32 Å². The molecule has 0 aromatic carbocycles. The van der Waals surface area contributed by atoms with E-state index < -0.39 is 12.3 Å². The number of hydrogen-bond donors (Lipinski definition) is 1. The lowest BCUT2D eigenvalue weighted by Crippen LogP contribution is -2.47. The van der Waals surface area contributed by atoms with Gasteiger partial charge in [-0.05, 0) is 13.5 Å². The highest BCUT2D eigenvalue weighted by molar-refractivity contribution is 5.69. The fourth-order valence-corrected chi connectivity index (χ4v) is 1.98. The van der Waals surface area contributed by atoms with Gasteiger partial charge >= 0.3 is 5.97 Å². The van der Waals surface area contributed by atoms with E-state index in [1.165, 1.54) is 0 Å². The normalized spacial score (nSPS) is 25.8. The quantitative estimate of drug-likeness (QED) is 0.709. The molecule has 1 heterocycles. The third-order valence-electron chi connectivity index (χ3n) is 2.98. The zero-order valence-corrected chi connectivity index (χ0v) is 10.7. The molecule has 2 atom stereocenters. The Morgan fingerprint density at radius 1 is 1.59 bits per heavy atom. The minimum Gasteiger partial charge on any atom is -0.459 e. The van der Waals surface area contributed by atoms with Crippen molar-refractivity contribution in [1.82, 2.24) is 10.2 Å². The Kier molecular flexibility index (Phi) is 6.44. The average molecular weight is 246 g/mol. The van der Waals surface area contributed by atoms with Gasteiger partial charge in [0.2, 0.25) is 0 Å². The maximum absolute atomic E-state index is 13.8. The second-order valence-corrected chi connectivity index (χ2v) is 4.49. The van der Waals surface area contributed by atoms with Crippen LogP contribution in [0.4, 0.5) is 4.39 Å². The Hall–Kier alpha value is -0.680. The molecule has 1 N–H and O–H groups in total. The molecular weight excluding hydrogens is 223 g/mol. The van der Waals surface area contributed by atoms with Gasteiger partial charge in [0.1, 0.15) is 12.3 Å². The smallest absolute Gasteiger partial charge is 0.306 e. The van der Waals surface area contributed by atoms with Gasteiger partial charge in [-0.15, -0.1) is 0 Å². The lowest BCUT2D eigenvalue weighted by Gasteiger charge is -2.34. The molecule has 4 nitrogen and oxygen atoms in total. The summed E-state index contributed by atoms with van der Waals surface area (Å²) in [5.41, 5.74) is 0. The topological polar surface area (TPSA) is 41.6 Å².